The Morgan fingerprint density at radius 1 is 0.358 bits per heavy atom. The molecule has 0 aliphatic heterocycles. The molecule has 1 aliphatic carbocycles. The summed E-state index contributed by atoms with van der Waals surface area (Å²) in [4.78, 5) is 10.6. The van der Waals surface area contributed by atoms with E-state index in [1.165, 1.54) is 49.5 Å². The van der Waals surface area contributed by atoms with Gasteiger partial charge in [-0.2, -0.15) is 0 Å². The van der Waals surface area contributed by atoms with Gasteiger partial charge in [0, 0.05) is 22.1 Å². The first-order valence-electron chi connectivity index (χ1n) is 18.3. The number of hydrogen-bond donors (Lipinski definition) is 0. The van der Waals surface area contributed by atoms with Gasteiger partial charge in [-0.1, -0.05) is 178 Å². The summed E-state index contributed by atoms with van der Waals surface area (Å²) in [5.41, 5.74) is 15.0. The van der Waals surface area contributed by atoms with E-state index in [0.717, 1.165) is 44.6 Å². The van der Waals surface area contributed by atoms with Gasteiger partial charge in [-0.25, -0.2) is 9.97 Å². The first-order valence-corrected chi connectivity index (χ1v) is 18.3. The van der Waals surface area contributed by atoms with Gasteiger partial charge < -0.3 is 0 Å². The van der Waals surface area contributed by atoms with Gasteiger partial charge in [-0.15, -0.1) is 0 Å². The molecule has 2 heteroatoms. The predicted molar refractivity (Wildman–Crippen MR) is 222 cm³/mol. The molecule has 0 saturated carbocycles. The standard InChI is InChI=1S/C51H36N2/c1-51(2)46-31-36(26-27-42(46)44-28-25-34-17-9-10-21-39(34)49(44)51)38-29-30-45(41-23-13-12-22-40(38)41)50-52-47(35-18-7-4-8-19-35)32-48(53-50)43-24-14-11-20-37(43)33-15-5-3-6-16-33/h3-32H,1-2H3. The van der Waals surface area contributed by atoms with Crippen molar-refractivity contribution in [1.29, 1.82) is 0 Å². The highest BCUT2D eigenvalue weighted by Crippen LogP contribution is 2.52. The molecule has 0 N–H and O–H groups in total. The first kappa shape index (κ1) is 31.1. The van der Waals surface area contributed by atoms with E-state index in [1.807, 2.05) is 6.07 Å². The summed E-state index contributed by atoms with van der Waals surface area (Å²) in [6.07, 6.45) is 0. The Balaban J connectivity index is 1.14. The van der Waals surface area contributed by atoms with Crippen LogP contribution in [0.5, 0.6) is 0 Å². The molecule has 53 heavy (non-hydrogen) atoms. The molecule has 0 bridgehead atoms. The van der Waals surface area contributed by atoms with E-state index in [-0.39, 0.29) is 5.41 Å². The largest absolute Gasteiger partial charge is 0.228 e. The van der Waals surface area contributed by atoms with E-state index < -0.39 is 0 Å². The first-order chi connectivity index (χ1) is 26.0. The number of nitrogens with zero attached hydrogens (tertiary/aromatic N) is 2. The molecule has 0 fully saturated rings. The SMILES string of the molecule is CC1(C)c2cc(-c3ccc(-c4nc(-c5ccccc5)cc(-c5ccccc5-c5ccccc5)n4)c4ccccc34)ccc2-c2ccc3ccccc3c21. The summed E-state index contributed by atoms with van der Waals surface area (Å²) in [6.45, 7) is 4.75. The third-order valence-electron chi connectivity index (χ3n) is 11.1. The van der Waals surface area contributed by atoms with E-state index in [1.54, 1.807) is 0 Å². The molecule has 10 rings (SSSR count). The molecule has 1 aromatic heterocycles. The molecule has 9 aromatic rings. The van der Waals surface area contributed by atoms with Crippen molar-refractivity contribution < 1.29 is 0 Å². The van der Waals surface area contributed by atoms with Crippen molar-refractivity contribution in [3.8, 4) is 67.3 Å². The number of benzene rings is 8. The fourth-order valence-corrected chi connectivity index (χ4v) is 8.55. The molecule has 0 atom stereocenters. The molecule has 0 spiro atoms. The Kier molecular flexibility index (Phi) is 7.19. The minimum atomic E-state index is -0.130. The quantitative estimate of drug-likeness (QED) is 0.181. The van der Waals surface area contributed by atoms with Gasteiger partial charge >= 0.3 is 0 Å². The van der Waals surface area contributed by atoms with Crippen molar-refractivity contribution in [3.05, 3.63) is 193 Å². The Morgan fingerprint density at radius 3 is 1.70 bits per heavy atom. The fourth-order valence-electron chi connectivity index (χ4n) is 8.55. The van der Waals surface area contributed by atoms with Crippen molar-refractivity contribution in [2.75, 3.05) is 0 Å². The zero-order chi connectivity index (χ0) is 35.5. The molecule has 1 aliphatic rings. The topological polar surface area (TPSA) is 25.8 Å². The number of aromatic nitrogens is 2. The summed E-state index contributed by atoms with van der Waals surface area (Å²) < 4.78 is 0. The molecule has 1 heterocycles. The lowest BCUT2D eigenvalue weighted by Crippen LogP contribution is -2.15. The van der Waals surface area contributed by atoms with E-state index in [2.05, 4.69) is 190 Å². The summed E-state index contributed by atoms with van der Waals surface area (Å²) in [5.74, 6) is 0.712. The van der Waals surface area contributed by atoms with Crippen LogP contribution in [0.4, 0.5) is 0 Å². The zero-order valence-corrected chi connectivity index (χ0v) is 29.7. The molecule has 0 saturated heterocycles. The lowest BCUT2D eigenvalue weighted by Gasteiger charge is -2.24. The van der Waals surface area contributed by atoms with Crippen LogP contribution in [0.15, 0.2) is 182 Å². The van der Waals surface area contributed by atoms with Crippen LogP contribution in [-0.2, 0) is 5.41 Å². The van der Waals surface area contributed by atoms with Crippen molar-refractivity contribution in [3.63, 3.8) is 0 Å². The maximum absolute atomic E-state index is 5.34. The van der Waals surface area contributed by atoms with Crippen molar-refractivity contribution in [2.24, 2.45) is 0 Å². The highest BCUT2D eigenvalue weighted by atomic mass is 14.9. The molecule has 2 nitrogen and oxygen atoms in total. The number of rotatable bonds is 5. The van der Waals surface area contributed by atoms with E-state index >= 15 is 0 Å². The van der Waals surface area contributed by atoms with Crippen LogP contribution in [0.3, 0.4) is 0 Å². The molecule has 0 amide bonds. The Labute approximate surface area is 310 Å². The van der Waals surface area contributed by atoms with E-state index in [9.17, 15) is 0 Å². The van der Waals surface area contributed by atoms with Crippen molar-refractivity contribution in [1.82, 2.24) is 9.97 Å². The number of fused-ring (bicyclic) bond motifs is 6. The van der Waals surface area contributed by atoms with Gasteiger partial charge in [-0.3, -0.25) is 0 Å². The molecule has 0 radical (unpaired) electrons. The van der Waals surface area contributed by atoms with E-state index in [4.69, 9.17) is 9.97 Å². The third-order valence-corrected chi connectivity index (χ3v) is 11.1. The van der Waals surface area contributed by atoms with Gasteiger partial charge in [-0.05, 0) is 84.3 Å². The lowest BCUT2D eigenvalue weighted by atomic mass is 9.79. The minimum Gasteiger partial charge on any atom is -0.228 e. The normalized spacial score (nSPS) is 12.9. The van der Waals surface area contributed by atoms with Gasteiger partial charge in [0.1, 0.15) is 0 Å². The molecule has 0 unspecified atom stereocenters. The summed E-state index contributed by atoms with van der Waals surface area (Å²) >= 11 is 0. The third kappa shape index (κ3) is 5.10. The lowest BCUT2D eigenvalue weighted by molar-refractivity contribution is 0.666. The second-order valence-electron chi connectivity index (χ2n) is 14.5. The van der Waals surface area contributed by atoms with E-state index in [0.29, 0.717) is 5.82 Å². The smallest absolute Gasteiger partial charge is 0.161 e. The monoisotopic (exact) mass is 676 g/mol. The van der Waals surface area contributed by atoms with Gasteiger partial charge in [0.2, 0.25) is 0 Å². The summed E-state index contributed by atoms with van der Waals surface area (Å²) in [5, 5.41) is 4.94. The molecular weight excluding hydrogens is 641 g/mol. The van der Waals surface area contributed by atoms with Crippen molar-refractivity contribution >= 4 is 21.5 Å². The van der Waals surface area contributed by atoms with Crippen LogP contribution in [0.1, 0.15) is 25.0 Å². The second-order valence-corrected chi connectivity index (χ2v) is 14.5. The van der Waals surface area contributed by atoms with Crippen LogP contribution >= 0.6 is 0 Å². The van der Waals surface area contributed by atoms with Crippen LogP contribution in [0.25, 0.3) is 88.8 Å². The Bertz CT molecular complexity index is 2850. The zero-order valence-electron chi connectivity index (χ0n) is 29.7. The second kappa shape index (κ2) is 12.3. The summed E-state index contributed by atoms with van der Waals surface area (Å²) in [7, 11) is 0. The predicted octanol–water partition coefficient (Wildman–Crippen LogP) is 13.4. The number of hydrogen-bond acceptors (Lipinski definition) is 2. The van der Waals surface area contributed by atoms with Crippen molar-refractivity contribution in [2.45, 2.75) is 19.3 Å². The van der Waals surface area contributed by atoms with Crippen LogP contribution in [-0.4, -0.2) is 9.97 Å². The molecular formula is C51H36N2. The van der Waals surface area contributed by atoms with Gasteiger partial charge in [0.05, 0.1) is 11.4 Å². The minimum absolute atomic E-state index is 0.130. The van der Waals surface area contributed by atoms with Gasteiger partial charge in [0.15, 0.2) is 5.82 Å². The average Bonchev–Trinajstić information content (AvgIpc) is 3.46. The fraction of sp³-hybridized carbons (Fsp3) is 0.0588. The van der Waals surface area contributed by atoms with Crippen LogP contribution in [0, 0.1) is 0 Å². The van der Waals surface area contributed by atoms with Crippen LogP contribution in [0.2, 0.25) is 0 Å². The average molecular weight is 677 g/mol. The summed E-state index contributed by atoms with van der Waals surface area (Å²) in [6, 6.07) is 65.2. The Morgan fingerprint density at radius 2 is 0.925 bits per heavy atom. The Hall–Kier alpha value is -6.64. The molecule has 250 valence electrons. The maximum Gasteiger partial charge on any atom is 0.161 e. The van der Waals surface area contributed by atoms with Crippen LogP contribution < -0.4 is 0 Å². The highest BCUT2D eigenvalue weighted by Gasteiger charge is 2.37. The molecule has 8 aromatic carbocycles. The highest BCUT2D eigenvalue weighted by molar-refractivity contribution is 6.05. The van der Waals surface area contributed by atoms with Gasteiger partial charge in [0.25, 0.3) is 0 Å². The maximum atomic E-state index is 5.34.